The van der Waals surface area contributed by atoms with Gasteiger partial charge in [-0.15, -0.1) is 0 Å². The predicted molar refractivity (Wildman–Crippen MR) is 404 cm³/mol. The van der Waals surface area contributed by atoms with E-state index >= 15 is 0 Å². The van der Waals surface area contributed by atoms with Crippen molar-refractivity contribution in [3.63, 3.8) is 0 Å². The van der Waals surface area contributed by atoms with Crippen molar-refractivity contribution in [2.75, 3.05) is 136 Å². The number of hydrogen-bond acceptors (Lipinski definition) is 23. The number of piperazine rings is 3. The minimum atomic E-state index is -3.37. The van der Waals surface area contributed by atoms with Crippen molar-refractivity contribution in [3.05, 3.63) is 180 Å². The Morgan fingerprint density at radius 1 is 0.375 bits per heavy atom. The molecule has 0 radical (unpaired) electrons. The number of anilines is 7. The van der Waals surface area contributed by atoms with Gasteiger partial charge in [0, 0.05) is 179 Å². The quantitative estimate of drug-likeness (QED) is 0.0622. The number of nitrogens with zero attached hydrogens (tertiary/aromatic N) is 15. The van der Waals surface area contributed by atoms with Crippen molar-refractivity contribution in [1.82, 2.24) is 59.6 Å². The van der Waals surface area contributed by atoms with Crippen molar-refractivity contribution in [2.45, 2.75) is 92.6 Å². The number of likely N-dealkylation sites (N-methyl/N-ethyl adjacent to an activating group) is 3. The van der Waals surface area contributed by atoms with Crippen LogP contribution in [0.3, 0.4) is 0 Å². The van der Waals surface area contributed by atoms with E-state index in [2.05, 4.69) is 135 Å². The first-order chi connectivity index (χ1) is 50.0. The van der Waals surface area contributed by atoms with Crippen LogP contribution < -0.4 is 36.0 Å². The van der Waals surface area contributed by atoms with Crippen LogP contribution in [0.15, 0.2) is 150 Å². The second-order valence-corrected chi connectivity index (χ2v) is 32.0. The largest absolute Gasteiger partial charge is 0.382 e. The number of aryl methyl sites for hydroxylation is 4. The van der Waals surface area contributed by atoms with Gasteiger partial charge >= 0.3 is 0 Å². The van der Waals surface area contributed by atoms with Crippen LogP contribution in [0.4, 0.5) is 40.2 Å². The lowest BCUT2D eigenvalue weighted by molar-refractivity contribution is 0.101. The second-order valence-electron chi connectivity index (χ2n) is 27.6. The fourth-order valence-electron chi connectivity index (χ4n) is 12.3. The lowest BCUT2D eigenvalue weighted by Crippen LogP contribution is -2.44. The Bertz CT molecular complexity index is 4810. The lowest BCUT2D eigenvalue weighted by Gasteiger charge is -2.34. The zero-order valence-corrected chi connectivity index (χ0v) is 61.3. The summed E-state index contributed by atoms with van der Waals surface area (Å²) in [4.78, 5) is 89.8. The van der Waals surface area contributed by atoms with Crippen molar-refractivity contribution >= 4 is 77.6 Å². The average molecular weight is 1440 g/mol. The molecule has 3 aliphatic carbocycles. The van der Waals surface area contributed by atoms with Gasteiger partial charge in [0.1, 0.15) is 34.9 Å². The first kappa shape index (κ1) is 72.1. The lowest BCUT2D eigenvalue weighted by atomic mass is 10.0. The van der Waals surface area contributed by atoms with Gasteiger partial charge in [0.05, 0.1) is 37.0 Å². The van der Waals surface area contributed by atoms with E-state index < -0.39 is 19.7 Å². The molecule has 28 heteroatoms. The van der Waals surface area contributed by atoms with Crippen LogP contribution in [0, 0.1) is 27.7 Å². The molecule has 104 heavy (non-hydrogen) atoms. The Kier molecular flexibility index (Phi) is 21.7. The van der Waals surface area contributed by atoms with Gasteiger partial charge in [-0.05, 0) is 195 Å². The Morgan fingerprint density at radius 2 is 0.731 bits per heavy atom. The van der Waals surface area contributed by atoms with Crippen LogP contribution in [0.25, 0.3) is 33.4 Å². The van der Waals surface area contributed by atoms with Gasteiger partial charge in [-0.3, -0.25) is 14.4 Å². The molecule has 26 nitrogen and oxygen atoms in total. The highest BCUT2D eigenvalue weighted by atomic mass is 32.2. The molecule has 3 aromatic carbocycles. The van der Waals surface area contributed by atoms with E-state index in [0.29, 0.717) is 73.1 Å². The normalized spacial score (nSPS) is 16.7. The molecule has 0 atom stereocenters. The molecule has 3 saturated carbocycles. The topological polar surface area (TPSA) is 303 Å². The third kappa shape index (κ3) is 18.2. The monoisotopic (exact) mass is 1440 g/mol. The summed E-state index contributed by atoms with van der Waals surface area (Å²) in [6, 6.07) is 29.5. The Hall–Kier alpha value is -10.3. The summed E-state index contributed by atoms with van der Waals surface area (Å²) in [7, 11) is -0.358. The van der Waals surface area contributed by atoms with Gasteiger partial charge in [-0.25, -0.2) is 61.7 Å². The van der Waals surface area contributed by atoms with Crippen LogP contribution in [-0.4, -0.2) is 210 Å². The second kappa shape index (κ2) is 31.4. The fraction of sp³-hybridized carbons (Fsp3) is 0.368. The summed E-state index contributed by atoms with van der Waals surface area (Å²) in [6.45, 7) is 18.4. The molecule has 0 spiro atoms. The SMILES string of the molecule is Cc1ncc(C(=O)Nc2ccc(-c3cc(N4CCN(C)CC4)cc(S(=O)(=O)C4CC4)c3)c(C)n2)cn1.Cc1ncc(C(=O)Nc2ccc(-c3cc(N4CCN(C)CC4)cc(S(=O)(=O)C4CC4)c3)cn2)cn1.Cc1ncc(C(=O)Nc2ccc(-c3cc(NC4CC4)cc(N4CCN(C)CC4)c3)cn2)cn1. The van der Waals surface area contributed by atoms with E-state index in [4.69, 9.17) is 0 Å². The molecule has 6 aromatic heterocycles. The van der Waals surface area contributed by atoms with Crippen LogP contribution in [0.1, 0.15) is 92.8 Å². The maximum absolute atomic E-state index is 13.2. The molecular weight excluding hydrogens is 1360 g/mol. The van der Waals surface area contributed by atoms with Crippen molar-refractivity contribution < 1.29 is 31.2 Å². The summed E-state index contributed by atoms with van der Waals surface area (Å²) >= 11 is 0. The highest BCUT2D eigenvalue weighted by Gasteiger charge is 2.39. The summed E-state index contributed by atoms with van der Waals surface area (Å²) < 4.78 is 52.6. The van der Waals surface area contributed by atoms with Gasteiger partial charge < -0.3 is 50.7 Å². The molecule has 0 bridgehead atoms. The smallest absolute Gasteiger partial charge is 0.259 e. The minimum Gasteiger partial charge on any atom is -0.382 e. The van der Waals surface area contributed by atoms with E-state index in [1.54, 1.807) is 51.2 Å². The van der Waals surface area contributed by atoms with Gasteiger partial charge in [0.25, 0.3) is 17.7 Å². The van der Waals surface area contributed by atoms with E-state index in [1.807, 2.05) is 61.7 Å². The first-order valence-electron chi connectivity index (χ1n) is 35.2. The maximum atomic E-state index is 13.2. The van der Waals surface area contributed by atoms with Gasteiger partial charge in [0.2, 0.25) is 0 Å². The molecule has 0 unspecified atom stereocenters. The molecule has 4 N–H and O–H groups in total. The number of pyridine rings is 3. The maximum Gasteiger partial charge on any atom is 0.259 e. The highest BCUT2D eigenvalue weighted by molar-refractivity contribution is 7.92. The van der Waals surface area contributed by atoms with Crippen molar-refractivity contribution in [2.24, 2.45) is 0 Å². The van der Waals surface area contributed by atoms with Crippen LogP contribution in [0.5, 0.6) is 0 Å². The Labute approximate surface area is 607 Å². The third-order valence-electron chi connectivity index (χ3n) is 19.3. The van der Waals surface area contributed by atoms with E-state index in [0.717, 1.165) is 155 Å². The van der Waals surface area contributed by atoms with Crippen molar-refractivity contribution in [1.29, 1.82) is 0 Å². The van der Waals surface area contributed by atoms with Gasteiger partial charge in [-0.2, -0.15) is 0 Å². The summed E-state index contributed by atoms with van der Waals surface area (Å²) in [5.41, 5.74) is 11.3. The predicted octanol–water partition coefficient (Wildman–Crippen LogP) is 9.31. The molecule has 3 saturated heterocycles. The zero-order chi connectivity index (χ0) is 72.8. The molecule has 6 fully saturated rings. The number of hydrogen-bond donors (Lipinski definition) is 4. The fourth-order valence-corrected chi connectivity index (χ4v) is 15.8. The number of rotatable bonds is 18. The number of aromatic nitrogens is 9. The number of benzene rings is 3. The number of sulfone groups is 2. The molecule has 15 rings (SSSR count). The summed E-state index contributed by atoms with van der Waals surface area (Å²) in [5.74, 6) is 2.13. The number of amides is 3. The van der Waals surface area contributed by atoms with Gasteiger partial charge in [-0.1, -0.05) is 0 Å². The van der Waals surface area contributed by atoms with Crippen LogP contribution >= 0.6 is 0 Å². The standard InChI is InChI=1S/C26H30N6O3S.C25H29N7O.C25H28N6O3S/c1-17-24(6-7-25(29-17)30-26(33)20-15-27-18(2)28-16-20)19-12-21(32-10-8-31(3)9-11-32)14-23(13-19)36(34,35)22-4-5-22;1-17-26-15-20(16-27-17)25(33)30-24-6-3-18(14-28-24)19-11-22(29-21-4-5-21)13-23(12-19)32-9-7-31(2)8-10-32;1-17-26-15-20(16-27-17)25(32)29-24-6-3-18(14-28-24)19-11-21(31-9-7-30(2)8-10-31)13-23(12-19)35(33,34)22-4-5-22/h6-7,12-16,22H,4-5,8-11H2,1-3H3,(H,29,30,33);3,6,11-16,21,29H,4-5,7-10H2,1-2H3,(H,28,30,33);3,6,11-16,22H,4-5,7-10H2,1-2H3,(H,28,29,32). The number of carbonyl (C=O) groups is 3. The molecular formula is C76H87N19O7S2. The average Bonchev–Trinajstić information content (AvgIpc) is 1.68. The third-order valence-corrected chi connectivity index (χ3v) is 23.8. The minimum absolute atomic E-state index is 0.275. The molecule has 9 aromatic rings. The van der Waals surface area contributed by atoms with Crippen LogP contribution in [0.2, 0.25) is 0 Å². The molecule has 540 valence electrons. The van der Waals surface area contributed by atoms with Crippen LogP contribution in [-0.2, 0) is 19.7 Å². The summed E-state index contributed by atoms with van der Waals surface area (Å²) in [5, 5.41) is 11.4. The first-order valence-corrected chi connectivity index (χ1v) is 38.3. The molecule has 6 aliphatic rings. The molecule has 3 amide bonds. The number of nitrogens with one attached hydrogen (secondary N) is 4. The zero-order valence-electron chi connectivity index (χ0n) is 59.6. The van der Waals surface area contributed by atoms with Gasteiger partial charge in [0.15, 0.2) is 19.7 Å². The molecule has 9 heterocycles. The van der Waals surface area contributed by atoms with E-state index in [1.165, 1.54) is 55.7 Å². The number of carbonyl (C=O) groups excluding carboxylic acids is 3. The van der Waals surface area contributed by atoms with E-state index in [9.17, 15) is 31.2 Å². The Balaban J connectivity index is 0.000000139. The molecule has 3 aliphatic heterocycles. The van der Waals surface area contributed by atoms with Crippen molar-refractivity contribution in [3.8, 4) is 33.4 Å². The summed E-state index contributed by atoms with van der Waals surface area (Å²) in [6.07, 6.45) is 17.7. The Morgan fingerprint density at radius 3 is 1.10 bits per heavy atom. The van der Waals surface area contributed by atoms with E-state index in [-0.39, 0.29) is 28.2 Å². The highest BCUT2D eigenvalue weighted by Crippen LogP contribution is 2.40.